The molecule has 9 heavy (non-hydrogen) atoms. The number of rotatable bonds is 1. The van der Waals surface area contributed by atoms with Crippen molar-refractivity contribution in [2.24, 2.45) is 0 Å². The minimum atomic E-state index is -1.23. The van der Waals surface area contributed by atoms with Crippen LogP contribution in [0.15, 0.2) is 0 Å². The van der Waals surface area contributed by atoms with Crippen molar-refractivity contribution in [3.05, 3.63) is 0 Å². The van der Waals surface area contributed by atoms with Gasteiger partial charge in [-0.25, -0.2) is 4.79 Å². The molecule has 56 valence electrons. The zero-order valence-corrected chi connectivity index (χ0v) is 6.09. The van der Waals surface area contributed by atoms with Gasteiger partial charge >= 0.3 is 5.97 Å². The molecule has 0 radical (unpaired) electrons. The van der Waals surface area contributed by atoms with Crippen molar-refractivity contribution in [3.63, 3.8) is 0 Å². The molecule has 1 unspecified atom stereocenters. The molecule has 0 aliphatic rings. The van der Waals surface area contributed by atoms with Gasteiger partial charge in [0, 0.05) is 0 Å². The van der Waals surface area contributed by atoms with Crippen molar-refractivity contribution >= 4 is 5.97 Å². The number of aliphatic carboxylic acids is 1. The second-order valence-electron chi connectivity index (χ2n) is 1.72. The van der Waals surface area contributed by atoms with Crippen molar-refractivity contribution in [1.29, 1.82) is 0 Å². The summed E-state index contributed by atoms with van der Waals surface area (Å²) in [5.41, 5.74) is 0. The van der Waals surface area contributed by atoms with Crippen LogP contribution in [0, 0.1) is 0 Å². The Balaban J connectivity index is 0. The Morgan fingerprint density at radius 2 is 1.67 bits per heavy atom. The fourth-order valence-corrected chi connectivity index (χ4v) is 0. The van der Waals surface area contributed by atoms with Crippen LogP contribution < -0.4 is 0 Å². The van der Waals surface area contributed by atoms with Crippen LogP contribution in [0.1, 0.15) is 27.2 Å². The molecule has 0 aromatic heterocycles. The van der Waals surface area contributed by atoms with Gasteiger partial charge < -0.3 is 10.2 Å². The van der Waals surface area contributed by atoms with Crippen LogP contribution >= 0.6 is 0 Å². The molecule has 3 heteroatoms. The molecule has 0 spiro atoms. The van der Waals surface area contributed by atoms with Gasteiger partial charge in [0.1, 0.15) is 6.10 Å². The molecule has 0 bridgehead atoms. The van der Waals surface area contributed by atoms with Gasteiger partial charge in [0.15, 0.2) is 0 Å². The van der Waals surface area contributed by atoms with Crippen LogP contribution in [0.3, 0.4) is 0 Å². The maximum Gasteiger partial charge on any atom is 0.332 e. The number of hydrogen-bond donors (Lipinski definition) is 2. The van der Waals surface area contributed by atoms with Crippen LogP contribution in [-0.4, -0.2) is 22.3 Å². The standard InChI is InChI=1S/C3H6O3.C3H8/c1-2(4)3(5)6;1-3-2/h2,4H,1H3,(H,5,6);3H2,1-2H3. The summed E-state index contributed by atoms with van der Waals surface area (Å²) in [6.07, 6.45) is 0.0185. The molecule has 2 N–H and O–H groups in total. The van der Waals surface area contributed by atoms with E-state index in [0.29, 0.717) is 0 Å². The molecule has 0 fully saturated rings. The van der Waals surface area contributed by atoms with Gasteiger partial charge in [-0.15, -0.1) is 0 Å². The molecule has 0 aromatic carbocycles. The molecule has 0 heterocycles. The van der Waals surface area contributed by atoms with Crippen molar-refractivity contribution in [2.45, 2.75) is 33.3 Å². The minimum Gasteiger partial charge on any atom is -0.479 e. The molecular weight excluding hydrogens is 120 g/mol. The molecule has 0 aliphatic carbocycles. The summed E-state index contributed by atoms with van der Waals surface area (Å²) in [5.74, 6) is -1.19. The summed E-state index contributed by atoms with van der Waals surface area (Å²) in [7, 11) is 0. The van der Waals surface area contributed by atoms with Gasteiger partial charge in [0.05, 0.1) is 0 Å². The van der Waals surface area contributed by atoms with Crippen LogP contribution in [-0.2, 0) is 4.79 Å². The van der Waals surface area contributed by atoms with Crippen LogP contribution in [0.5, 0.6) is 0 Å². The number of carboxylic acid groups (broad SMARTS) is 1. The molecule has 0 amide bonds. The summed E-state index contributed by atoms with van der Waals surface area (Å²) in [4.78, 5) is 9.45. The molecule has 0 saturated heterocycles. The Bertz CT molecular complexity index is 68.7. The van der Waals surface area contributed by atoms with Crippen LogP contribution in [0.4, 0.5) is 0 Å². The predicted octanol–water partition coefficient (Wildman–Crippen LogP) is 0.868. The van der Waals surface area contributed by atoms with E-state index in [1.165, 1.54) is 13.3 Å². The lowest BCUT2D eigenvalue weighted by Gasteiger charge is -1.89. The topological polar surface area (TPSA) is 57.5 Å². The maximum absolute atomic E-state index is 9.45. The number of aliphatic hydroxyl groups excluding tert-OH is 1. The number of aliphatic hydroxyl groups is 1. The Morgan fingerprint density at radius 3 is 1.67 bits per heavy atom. The van der Waals surface area contributed by atoms with E-state index in [2.05, 4.69) is 13.8 Å². The van der Waals surface area contributed by atoms with Crippen molar-refractivity contribution < 1.29 is 15.0 Å². The van der Waals surface area contributed by atoms with E-state index in [-0.39, 0.29) is 0 Å². The Labute approximate surface area is 55.3 Å². The van der Waals surface area contributed by atoms with E-state index in [1.807, 2.05) is 0 Å². The third-order valence-electron chi connectivity index (χ3n) is 0.357. The van der Waals surface area contributed by atoms with Gasteiger partial charge in [0.25, 0.3) is 0 Å². The molecule has 1 atom stereocenters. The molecule has 0 aliphatic heterocycles. The highest BCUT2D eigenvalue weighted by Gasteiger charge is 2.01. The minimum absolute atomic E-state index is 1.19. The lowest BCUT2D eigenvalue weighted by molar-refractivity contribution is -0.145. The highest BCUT2D eigenvalue weighted by molar-refractivity contribution is 5.71. The van der Waals surface area contributed by atoms with Gasteiger partial charge in [-0.2, -0.15) is 0 Å². The maximum atomic E-state index is 9.45. The van der Waals surface area contributed by atoms with Crippen molar-refractivity contribution in [2.75, 3.05) is 0 Å². The average molecular weight is 134 g/mol. The van der Waals surface area contributed by atoms with Crippen LogP contribution in [0.25, 0.3) is 0 Å². The van der Waals surface area contributed by atoms with Gasteiger partial charge in [0.2, 0.25) is 0 Å². The first-order valence-electron chi connectivity index (χ1n) is 2.97. The number of carboxylic acids is 1. The lowest BCUT2D eigenvalue weighted by atomic mass is 10.4. The van der Waals surface area contributed by atoms with E-state index < -0.39 is 12.1 Å². The Kier molecular flexibility index (Phi) is 9.29. The van der Waals surface area contributed by atoms with Crippen LogP contribution in [0.2, 0.25) is 0 Å². The molecule has 0 aromatic rings. The van der Waals surface area contributed by atoms with E-state index in [1.54, 1.807) is 0 Å². The third-order valence-corrected chi connectivity index (χ3v) is 0.357. The Morgan fingerprint density at radius 1 is 1.56 bits per heavy atom. The summed E-state index contributed by atoms with van der Waals surface area (Å²) in [5, 5.41) is 15.8. The van der Waals surface area contributed by atoms with Crippen molar-refractivity contribution in [3.8, 4) is 0 Å². The lowest BCUT2D eigenvalue weighted by Crippen LogP contribution is -2.13. The average Bonchev–Trinajstić information content (AvgIpc) is 1.68. The summed E-state index contributed by atoms with van der Waals surface area (Å²) in [6, 6.07) is 0. The molecule has 0 rings (SSSR count). The van der Waals surface area contributed by atoms with E-state index in [9.17, 15) is 4.79 Å². The summed E-state index contributed by atoms with van der Waals surface area (Å²) >= 11 is 0. The first-order valence-corrected chi connectivity index (χ1v) is 2.97. The highest BCUT2D eigenvalue weighted by atomic mass is 16.4. The largest absolute Gasteiger partial charge is 0.479 e. The van der Waals surface area contributed by atoms with Gasteiger partial charge in [-0.05, 0) is 6.92 Å². The number of carbonyl (C=O) groups is 1. The predicted molar refractivity (Wildman–Crippen MR) is 35.3 cm³/mol. The second kappa shape index (κ2) is 7.43. The first kappa shape index (κ1) is 11.3. The fraction of sp³-hybridized carbons (Fsp3) is 0.833. The summed E-state index contributed by atoms with van der Waals surface area (Å²) < 4.78 is 0. The second-order valence-corrected chi connectivity index (χ2v) is 1.72. The zero-order valence-electron chi connectivity index (χ0n) is 6.09. The van der Waals surface area contributed by atoms with Crippen molar-refractivity contribution in [1.82, 2.24) is 0 Å². The highest BCUT2D eigenvalue weighted by Crippen LogP contribution is 1.73. The zero-order chi connectivity index (χ0) is 7.86. The molecule has 0 saturated carbocycles. The SMILES string of the molecule is CC(O)C(=O)O.CCC. The van der Waals surface area contributed by atoms with E-state index in [0.717, 1.165) is 0 Å². The quantitative estimate of drug-likeness (QED) is 0.559. The van der Waals surface area contributed by atoms with Gasteiger partial charge in [-0.1, -0.05) is 20.3 Å². The third kappa shape index (κ3) is 18.6. The monoisotopic (exact) mass is 134 g/mol. The smallest absolute Gasteiger partial charge is 0.332 e. The number of hydrogen-bond acceptors (Lipinski definition) is 2. The van der Waals surface area contributed by atoms with Gasteiger partial charge in [-0.3, -0.25) is 0 Å². The molecule has 3 nitrogen and oxygen atoms in total. The van der Waals surface area contributed by atoms with E-state index >= 15 is 0 Å². The summed E-state index contributed by atoms with van der Waals surface area (Å²) in [6.45, 7) is 5.45. The fourth-order valence-electron chi connectivity index (χ4n) is 0. The van der Waals surface area contributed by atoms with E-state index in [4.69, 9.17) is 10.2 Å². The Hall–Kier alpha value is -0.570. The first-order chi connectivity index (χ1) is 4.06. The normalized spacial score (nSPS) is 11.1. The molecular formula is C6H14O3.